The smallest absolute Gasteiger partial charge is 0.238 e. The molecule has 0 saturated carbocycles. The molecular formula is C16H15ClFN3O2. The van der Waals surface area contributed by atoms with Gasteiger partial charge in [-0.15, -0.1) is 0 Å². The number of carbonyl (C=O) groups is 2. The molecule has 0 aliphatic carbocycles. The summed E-state index contributed by atoms with van der Waals surface area (Å²) in [4.78, 5) is 23.2. The summed E-state index contributed by atoms with van der Waals surface area (Å²) < 4.78 is 12.8. The molecule has 0 aliphatic rings. The molecular weight excluding hydrogens is 321 g/mol. The molecule has 0 unspecified atom stereocenters. The Bertz CT molecular complexity index is 720. The first-order valence-electron chi connectivity index (χ1n) is 6.81. The minimum Gasteiger partial charge on any atom is -0.325 e. The summed E-state index contributed by atoms with van der Waals surface area (Å²) in [6.45, 7) is -0.131. The van der Waals surface area contributed by atoms with Crippen molar-refractivity contribution in [3.05, 3.63) is 58.9 Å². The molecule has 0 fully saturated rings. The van der Waals surface area contributed by atoms with E-state index in [1.807, 2.05) is 0 Å². The third-order valence-corrected chi connectivity index (χ3v) is 3.30. The van der Waals surface area contributed by atoms with Gasteiger partial charge in [-0.05, 0) is 35.9 Å². The first kappa shape index (κ1) is 16.9. The second-order valence-corrected chi connectivity index (χ2v) is 5.21. The fourth-order valence-electron chi connectivity index (χ4n) is 1.89. The Morgan fingerprint density at radius 2 is 1.74 bits per heavy atom. The molecule has 0 heterocycles. The number of rotatable bonds is 5. The maximum atomic E-state index is 12.8. The molecule has 0 aliphatic heterocycles. The lowest BCUT2D eigenvalue weighted by atomic mass is 10.1. The van der Waals surface area contributed by atoms with Crippen LogP contribution in [0.25, 0.3) is 0 Å². The van der Waals surface area contributed by atoms with Crippen molar-refractivity contribution in [1.29, 1.82) is 0 Å². The average Bonchev–Trinajstić information content (AvgIpc) is 2.52. The first-order chi connectivity index (χ1) is 11.0. The molecule has 0 bridgehead atoms. The second kappa shape index (κ2) is 7.71. The number of nitrogens with one attached hydrogen (secondary N) is 2. The molecule has 4 N–H and O–H groups in total. The molecule has 0 saturated heterocycles. The van der Waals surface area contributed by atoms with E-state index in [-0.39, 0.29) is 35.6 Å². The van der Waals surface area contributed by atoms with Crippen LogP contribution in [0.3, 0.4) is 0 Å². The zero-order valence-corrected chi connectivity index (χ0v) is 12.9. The van der Waals surface area contributed by atoms with E-state index < -0.39 is 0 Å². The van der Waals surface area contributed by atoms with Crippen LogP contribution in [-0.4, -0.2) is 18.4 Å². The van der Waals surface area contributed by atoms with Crippen molar-refractivity contribution >= 4 is 34.8 Å². The van der Waals surface area contributed by atoms with Crippen LogP contribution < -0.4 is 16.4 Å². The minimum absolute atomic E-state index is 0.0995. The summed E-state index contributed by atoms with van der Waals surface area (Å²) in [6, 6.07) is 10.4. The number of nitrogens with two attached hydrogens (primary N) is 1. The molecule has 0 radical (unpaired) electrons. The van der Waals surface area contributed by atoms with E-state index in [2.05, 4.69) is 10.6 Å². The van der Waals surface area contributed by atoms with Gasteiger partial charge < -0.3 is 16.4 Å². The highest BCUT2D eigenvalue weighted by Crippen LogP contribution is 2.25. The van der Waals surface area contributed by atoms with Crippen molar-refractivity contribution in [2.45, 2.75) is 6.42 Å². The molecule has 2 aromatic carbocycles. The highest BCUT2D eigenvalue weighted by Gasteiger charge is 2.09. The fourth-order valence-corrected chi connectivity index (χ4v) is 2.12. The van der Waals surface area contributed by atoms with Gasteiger partial charge in [0.1, 0.15) is 5.82 Å². The van der Waals surface area contributed by atoms with Crippen molar-refractivity contribution in [2.75, 3.05) is 17.2 Å². The molecule has 2 rings (SSSR count). The quantitative estimate of drug-likeness (QED) is 0.785. The average molecular weight is 336 g/mol. The normalized spacial score (nSPS) is 10.2. The lowest BCUT2D eigenvalue weighted by Gasteiger charge is -2.10. The van der Waals surface area contributed by atoms with Gasteiger partial charge in [-0.25, -0.2) is 4.39 Å². The van der Waals surface area contributed by atoms with E-state index in [9.17, 15) is 14.0 Å². The highest BCUT2D eigenvalue weighted by molar-refractivity contribution is 6.34. The number of hydrogen-bond donors (Lipinski definition) is 3. The van der Waals surface area contributed by atoms with Crippen LogP contribution in [0, 0.1) is 5.82 Å². The van der Waals surface area contributed by atoms with Gasteiger partial charge in [0.2, 0.25) is 11.8 Å². The van der Waals surface area contributed by atoms with E-state index in [1.165, 1.54) is 18.2 Å². The van der Waals surface area contributed by atoms with Crippen molar-refractivity contribution in [2.24, 2.45) is 5.73 Å². The van der Waals surface area contributed by atoms with Gasteiger partial charge >= 0.3 is 0 Å². The van der Waals surface area contributed by atoms with Crippen LogP contribution >= 0.6 is 11.6 Å². The fraction of sp³-hybridized carbons (Fsp3) is 0.125. The Kier molecular flexibility index (Phi) is 5.67. The van der Waals surface area contributed by atoms with Crippen LogP contribution in [-0.2, 0) is 16.0 Å². The van der Waals surface area contributed by atoms with Crippen molar-refractivity contribution in [3.8, 4) is 0 Å². The number of halogens is 2. The number of benzene rings is 2. The first-order valence-corrected chi connectivity index (χ1v) is 7.19. The van der Waals surface area contributed by atoms with Crippen LogP contribution in [0.4, 0.5) is 15.8 Å². The van der Waals surface area contributed by atoms with E-state index in [0.717, 1.165) is 0 Å². The third kappa shape index (κ3) is 5.05. The molecule has 120 valence electrons. The van der Waals surface area contributed by atoms with Crippen LogP contribution in [0.1, 0.15) is 5.56 Å². The highest BCUT2D eigenvalue weighted by atomic mass is 35.5. The summed E-state index contributed by atoms with van der Waals surface area (Å²) in [6.07, 6.45) is 0.0995. The molecule has 0 atom stereocenters. The molecule has 23 heavy (non-hydrogen) atoms. The largest absolute Gasteiger partial charge is 0.325 e. The van der Waals surface area contributed by atoms with Gasteiger partial charge in [0.05, 0.1) is 23.7 Å². The Labute approximate surface area is 137 Å². The summed E-state index contributed by atoms with van der Waals surface area (Å²) in [5, 5.41) is 5.51. The minimum atomic E-state index is -0.354. The van der Waals surface area contributed by atoms with Crippen LogP contribution in [0.2, 0.25) is 5.02 Å². The molecule has 7 heteroatoms. The number of hydrogen-bond acceptors (Lipinski definition) is 3. The van der Waals surface area contributed by atoms with E-state index in [4.69, 9.17) is 17.3 Å². The van der Waals surface area contributed by atoms with Gasteiger partial charge in [-0.2, -0.15) is 0 Å². The van der Waals surface area contributed by atoms with E-state index in [0.29, 0.717) is 16.9 Å². The van der Waals surface area contributed by atoms with E-state index in [1.54, 1.807) is 24.3 Å². The van der Waals surface area contributed by atoms with Crippen molar-refractivity contribution < 1.29 is 14.0 Å². The Morgan fingerprint density at radius 1 is 1.04 bits per heavy atom. The topological polar surface area (TPSA) is 84.2 Å². The summed E-state index contributed by atoms with van der Waals surface area (Å²) in [5.41, 5.74) is 6.81. The molecule has 2 amide bonds. The molecule has 0 aromatic heterocycles. The van der Waals surface area contributed by atoms with E-state index >= 15 is 0 Å². The summed E-state index contributed by atoms with van der Waals surface area (Å²) in [7, 11) is 0. The van der Waals surface area contributed by atoms with Gasteiger partial charge in [-0.1, -0.05) is 23.7 Å². The van der Waals surface area contributed by atoms with Crippen LogP contribution in [0.5, 0.6) is 0 Å². The van der Waals surface area contributed by atoms with Crippen LogP contribution in [0.15, 0.2) is 42.5 Å². The zero-order chi connectivity index (χ0) is 16.8. The third-order valence-electron chi connectivity index (χ3n) is 2.99. The predicted octanol–water partition coefficient (Wildman–Crippen LogP) is 2.56. The Balaban J connectivity index is 2.00. The van der Waals surface area contributed by atoms with Gasteiger partial charge in [0, 0.05) is 5.69 Å². The summed E-state index contributed by atoms with van der Waals surface area (Å²) in [5.74, 6) is -0.973. The lowest BCUT2D eigenvalue weighted by Crippen LogP contribution is -2.21. The zero-order valence-electron chi connectivity index (χ0n) is 12.1. The molecule has 2 aromatic rings. The Morgan fingerprint density at radius 3 is 2.35 bits per heavy atom. The number of carbonyl (C=O) groups excluding carboxylic acids is 2. The second-order valence-electron chi connectivity index (χ2n) is 4.80. The lowest BCUT2D eigenvalue weighted by molar-refractivity contribution is -0.116. The van der Waals surface area contributed by atoms with Crippen molar-refractivity contribution in [1.82, 2.24) is 0 Å². The van der Waals surface area contributed by atoms with Gasteiger partial charge in [0.15, 0.2) is 0 Å². The Hall–Kier alpha value is -2.44. The number of amides is 2. The predicted molar refractivity (Wildman–Crippen MR) is 87.9 cm³/mol. The number of anilines is 2. The molecule has 5 nitrogen and oxygen atoms in total. The maximum Gasteiger partial charge on any atom is 0.238 e. The summed E-state index contributed by atoms with van der Waals surface area (Å²) >= 11 is 6.08. The standard InChI is InChI=1S/C16H15ClFN3O2/c17-13-8-12(20-16(23)9-19)5-6-14(13)21-15(22)7-10-1-3-11(18)4-2-10/h1-6,8H,7,9,19H2,(H,20,23)(H,21,22). The van der Waals surface area contributed by atoms with Gasteiger partial charge in [0.25, 0.3) is 0 Å². The maximum absolute atomic E-state index is 12.8. The monoisotopic (exact) mass is 335 g/mol. The SMILES string of the molecule is NCC(=O)Nc1ccc(NC(=O)Cc2ccc(F)cc2)c(Cl)c1. The molecule has 0 spiro atoms. The van der Waals surface area contributed by atoms with Gasteiger partial charge in [-0.3, -0.25) is 9.59 Å². The van der Waals surface area contributed by atoms with Crippen molar-refractivity contribution in [3.63, 3.8) is 0 Å².